The van der Waals surface area contributed by atoms with Crippen LogP contribution in [0.15, 0.2) is 89.6 Å². The van der Waals surface area contributed by atoms with Gasteiger partial charge in [0.05, 0.1) is 6.26 Å². The molecule has 0 radical (unpaired) electrons. The van der Waals surface area contributed by atoms with Crippen LogP contribution in [-0.2, 0) is 12.8 Å². The topological polar surface area (TPSA) is 54.6 Å². The summed E-state index contributed by atoms with van der Waals surface area (Å²) >= 11 is 0. The minimum atomic E-state index is 0.283. The molecule has 0 saturated heterocycles. The molecule has 0 bridgehead atoms. The monoisotopic (exact) mass is 413 g/mol. The van der Waals surface area contributed by atoms with Crippen molar-refractivity contribution in [2.45, 2.75) is 12.8 Å². The maximum atomic E-state index is 9.61. The van der Waals surface area contributed by atoms with E-state index in [-0.39, 0.29) is 5.75 Å². The lowest BCUT2D eigenvalue weighted by molar-refractivity contribution is 0.318. The first-order chi connectivity index (χ1) is 15.2. The quantitative estimate of drug-likeness (QED) is 0.351. The number of likely N-dealkylation sites (N-methyl/N-ethyl adjacent to an activating group) is 1. The summed E-state index contributed by atoms with van der Waals surface area (Å²) in [7, 11) is 1.92. The van der Waals surface area contributed by atoms with Crippen molar-refractivity contribution >= 4 is 16.5 Å². The van der Waals surface area contributed by atoms with Crippen LogP contribution < -0.4 is 10.1 Å². The number of phenolic OH excluding ortho intramolecular Hbond substituents is 1. The number of fused-ring (bicyclic) bond motifs is 1. The molecule has 0 fully saturated rings. The van der Waals surface area contributed by atoms with Gasteiger partial charge in [-0.2, -0.15) is 0 Å². The highest BCUT2D eigenvalue weighted by Gasteiger charge is 2.07. The lowest BCUT2D eigenvalue weighted by atomic mass is 9.95. The number of aromatic hydroxyl groups is 1. The first-order valence-corrected chi connectivity index (χ1v) is 10.5. The van der Waals surface area contributed by atoms with Gasteiger partial charge in [-0.05, 0) is 84.6 Å². The van der Waals surface area contributed by atoms with E-state index in [0.29, 0.717) is 6.61 Å². The third-order valence-corrected chi connectivity index (χ3v) is 5.28. The van der Waals surface area contributed by atoms with Crippen molar-refractivity contribution in [1.82, 2.24) is 5.32 Å². The molecule has 158 valence electrons. The van der Waals surface area contributed by atoms with Gasteiger partial charge in [0.15, 0.2) is 0 Å². The molecular formula is C27H27NO3. The van der Waals surface area contributed by atoms with Crippen molar-refractivity contribution in [2.24, 2.45) is 0 Å². The highest BCUT2D eigenvalue weighted by Crippen LogP contribution is 2.26. The number of benzene rings is 3. The SMILES string of the molecule is CNCCOc1ccc(CC=C(Cc2ccc(O)cc2)c2ccc3occc3c2)cc1. The van der Waals surface area contributed by atoms with Gasteiger partial charge in [0, 0.05) is 11.9 Å². The number of hydrogen-bond donors (Lipinski definition) is 2. The number of nitrogens with one attached hydrogen (secondary N) is 1. The average molecular weight is 414 g/mol. The largest absolute Gasteiger partial charge is 0.508 e. The molecule has 0 saturated carbocycles. The molecule has 0 aliphatic carbocycles. The Bertz CT molecular complexity index is 1140. The average Bonchev–Trinajstić information content (AvgIpc) is 3.27. The van der Waals surface area contributed by atoms with Gasteiger partial charge in [-0.15, -0.1) is 0 Å². The Morgan fingerprint density at radius 1 is 0.968 bits per heavy atom. The van der Waals surface area contributed by atoms with Gasteiger partial charge in [0.1, 0.15) is 23.7 Å². The number of ether oxygens (including phenoxy) is 1. The standard InChI is InChI=1S/C27H27NO3/c1-28-15-17-30-26-11-5-20(6-12-26)2-7-22(18-21-3-9-25(29)10-4-21)23-8-13-27-24(19-23)14-16-31-27/h3-14,16,19,28-29H,2,15,17-18H2,1H3. The molecule has 0 aliphatic heterocycles. The van der Waals surface area contributed by atoms with Crippen LogP contribution in [0.5, 0.6) is 11.5 Å². The van der Waals surface area contributed by atoms with Crippen LogP contribution in [-0.4, -0.2) is 25.3 Å². The van der Waals surface area contributed by atoms with Gasteiger partial charge >= 0.3 is 0 Å². The molecule has 0 unspecified atom stereocenters. The maximum Gasteiger partial charge on any atom is 0.133 e. The second kappa shape index (κ2) is 10.0. The molecule has 4 rings (SSSR count). The van der Waals surface area contributed by atoms with Crippen LogP contribution in [0.25, 0.3) is 16.5 Å². The minimum absolute atomic E-state index is 0.283. The first kappa shape index (κ1) is 20.8. The Kier molecular flexibility index (Phi) is 6.70. The third-order valence-electron chi connectivity index (χ3n) is 5.28. The van der Waals surface area contributed by atoms with E-state index in [1.807, 2.05) is 43.4 Å². The molecule has 4 nitrogen and oxygen atoms in total. The number of allylic oxidation sites excluding steroid dienone is 2. The van der Waals surface area contributed by atoms with Crippen molar-refractivity contribution in [3.8, 4) is 11.5 Å². The molecule has 0 atom stereocenters. The van der Waals surface area contributed by atoms with E-state index in [9.17, 15) is 5.11 Å². The highest BCUT2D eigenvalue weighted by molar-refractivity contribution is 5.82. The third kappa shape index (κ3) is 5.56. The van der Waals surface area contributed by atoms with Crippen molar-refractivity contribution < 1.29 is 14.3 Å². The van der Waals surface area contributed by atoms with Crippen LogP contribution in [0.4, 0.5) is 0 Å². The van der Waals surface area contributed by atoms with Crippen molar-refractivity contribution in [2.75, 3.05) is 20.2 Å². The fraction of sp³-hybridized carbons (Fsp3) is 0.185. The Morgan fingerprint density at radius 2 is 1.74 bits per heavy atom. The molecule has 31 heavy (non-hydrogen) atoms. The number of furan rings is 1. The molecule has 0 spiro atoms. The van der Waals surface area contributed by atoms with Crippen LogP contribution >= 0.6 is 0 Å². The zero-order valence-electron chi connectivity index (χ0n) is 17.7. The molecule has 0 aliphatic rings. The van der Waals surface area contributed by atoms with Gasteiger partial charge in [-0.3, -0.25) is 0 Å². The summed E-state index contributed by atoms with van der Waals surface area (Å²) in [4.78, 5) is 0. The lowest BCUT2D eigenvalue weighted by Gasteiger charge is -2.10. The minimum Gasteiger partial charge on any atom is -0.508 e. The molecule has 4 heteroatoms. The van der Waals surface area contributed by atoms with Crippen LogP contribution in [0.2, 0.25) is 0 Å². The smallest absolute Gasteiger partial charge is 0.133 e. The molecule has 4 aromatic rings. The zero-order chi connectivity index (χ0) is 21.5. The Balaban J connectivity index is 1.55. The number of rotatable bonds is 9. The first-order valence-electron chi connectivity index (χ1n) is 10.5. The van der Waals surface area contributed by atoms with Gasteiger partial charge < -0.3 is 19.6 Å². The number of phenols is 1. The predicted molar refractivity (Wildman–Crippen MR) is 126 cm³/mol. The van der Waals surface area contributed by atoms with Crippen molar-refractivity contribution in [3.05, 3.63) is 102 Å². The van der Waals surface area contributed by atoms with Gasteiger partial charge in [-0.1, -0.05) is 36.4 Å². The van der Waals surface area contributed by atoms with Crippen molar-refractivity contribution in [1.29, 1.82) is 0 Å². The molecule has 2 N–H and O–H groups in total. The fourth-order valence-electron chi connectivity index (χ4n) is 3.53. The molecule has 1 heterocycles. The normalized spacial score (nSPS) is 11.7. The van der Waals surface area contributed by atoms with Crippen LogP contribution in [0.1, 0.15) is 16.7 Å². The van der Waals surface area contributed by atoms with Gasteiger partial charge in [0.2, 0.25) is 0 Å². The van der Waals surface area contributed by atoms with Crippen molar-refractivity contribution in [3.63, 3.8) is 0 Å². The molecular weight excluding hydrogens is 386 g/mol. The predicted octanol–water partition coefficient (Wildman–Crippen LogP) is 5.61. The Labute approximate surface area is 182 Å². The molecule has 0 amide bonds. The summed E-state index contributed by atoms with van der Waals surface area (Å²) in [5.74, 6) is 1.17. The number of hydrogen-bond acceptors (Lipinski definition) is 4. The lowest BCUT2D eigenvalue weighted by Crippen LogP contribution is -2.15. The zero-order valence-corrected chi connectivity index (χ0v) is 17.7. The van der Waals surface area contributed by atoms with Crippen LogP contribution in [0.3, 0.4) is 0 Å². The summed E-state index contributed by atoms with van der Waals surface area (Å²) in [5.41, 5.74) is 5.69. The highest BCUT2D eigenvalue weighted by atomic mass is 16.5. The summed E-state index contributed by atoms with van der Waals surface area (Å²) in [6.45, 7) is 1.48. The van der Waals surface area contributed by atoms with E-state index in [4.69, 9.17) is 9.15 Å². The second-order valence-corrected chi connectivity index (χ2v) is 7.55. The summed E-state index contributed by atoms with van der Waals surface area (Å²) < 4.78 is 11.2. The summed E-state index contributed by atoms with van der Waals surface area (Å²) in [6, 6.07) is 24.0. The maximum absolute atomic E-state index is 9.61. The molecule has 3 aromatic carbocycles. The Hall–Kier alpha value is -3.50. The second-order valence-electron chi connectivity index (χ2n) is 7.55. The summed E-state index contributed by atoms with van der Waals surface area (Å²) in [5, 5.41) is 13.8. The van der Waals surface area contributed by atoms with E-state index in [0.717, 1.165) is 41.7 Å². The van der Waals surface area contributed by atoms with Crippen LogP contribution in [0, 0.1) is 0 Å². The molecule has 1 aromatic heterocycles. The van der Waals surface area contributed by atoms with E-state index < -0.39 is 0 Å². The Morgan fingerprint density at radius 3 is 2.52 bits per heavy atom. The van der Waals surface area contributed by atoms with E-state index in [1.54, 1.807) is 18.4 Å². The fourth-order valence-corrected chi connectivity index (χ4v) is 3.53. The summed E-state index contributed by atoms with van der Waals surface area (Å²) in [6.07, 6.45) is 5.62. The van der Waals surface area contributed by atoms with Gasteiger partial charge in [0.25, 0.3) is 0 Å². The van der Waals surface area contributed by atoms with E-state index in [2.05, 4.69) is 35.7 Å². The van der Waals surface area contributed by atoms with E-state index in [1.165, 1.54) is 16.7 Å². The van der Waals surface area contributed by atoms with Gasteiger partial charge in [-0.25, -0.2) is 0 Å². The van der Waals surface area contributed by atoms with E-state index >= 15 is 0 Å².